The van der Waals surface area contributed by atoms with E-state index >= 15 is 0 Å². The van der Waals surface area contributed by atoms with Gasteiger partial charge in [-0.05, 0) is 55.3 Å². The lowest BCUT2D eigenvalue weighted by Crippen LogP contribution is -2.43. The zero-order chi connectivity index (χ0) is 16.4. The number of rotatable bonds is 5. The molecule has 1 aliphatic heterocycles. The van der Waals surface area contributed by atoms with Gasteiger partial charge in [0, 0.05) is 12.6 Å². The van der Waals surface area contributed by atoms with E-state index in [4.69, 9.17) is 9.84 Å². The molecule has 1 aliphatic carbocycles. The van der Waals surface area contributed by atoms with Crippen molar-refractivity contribution in [2.45, 2.75) is 51.3 Å². The van der Waals surface area contributed by atoms with Gasteiger partial charge in [-0.15, -0.1) is 0 Å². The van der Waals surface area contributed by atoms with Crippen molar-refractivity contribution in [2.75, 3.05) is 13.2 Å². The van der Waals surface area contributed by atoms with Gasteiger partial charge in [0.2, 0.25) is 0 Å². The second-order valence-electron chi connectivity index (χ2n) is 7.15. The number of aliphatic hydroxyl groups is 1. The molecule has 0 spiro atoms. The molecule has 2 N–H and O–H groups in total. The first-order valence-electron chi connectivity index (χ1n) is 8.32. The molecule has 2 aliphatic rings. The van der Waals surface area contributed by atoms with E-state index in [-0.39, 0.29) is 18.1 Å². The van der Waals surface area contributed by atoms with Crippen LogP contribution in [0.5, 0.6) is 5.75 Å². The predicted octanol–water partition coefficient (Wildman–Crippen LogP) is 2.28. The third-order valence-corrected chi connectivity index (χ3v) is 5.36. The molecule has 0 radical (unpaired) electrons. The number of carbonyl (C=O) groups is 1. The lowest BCUT2D eigenvalue weighted by Gasteiger charge is -2.41. The van der Waals surface area contributed by atoms with E-state index < -0.39 is 5.97 Å². The fourth-order valence-corrected chi connectivity index (χ4v) is 4.18. The summed E-state index contributed by atoms with van der Waals surface area (Å²) in [4.78, 5) is 13.0. The van der Waals surface area contributed by atoms with Crippen molar-refractivity contribution in [3.63, 3.8) is 0 Å². The summed E-state index contributed by atoms with van der Waals surface area (Å²) in [5.41, 5.74) is 1.45. The van der Waals surface area contributed by atoms with Gasteiger partial charge in [0.25, 0.3) is 0 Å². The SMILES string of the molecule is C[C@@]12CCN(Cc3ccc(OCC(=O)O)cc3)[C@@H]1CC[C@@H](O)C2. The summed E-state index contributed by atoms with van der Waals surface area (Å²) in [6.45, 7) is 3.97. The number of ether oxygens (including phenoxy) is 1. The minimum atomic E-state index is -0.968. The quantitative estimate of drug-likeness (QED) is 0.871. The maximum atomic E-state index is 10.5. The number of carboxylic acids is 1. The van der Waals surface area contributed by atoms with Crippen LogP contribution >= 0.6 is 0 Å². The minimum absolute atomic E-state index is 0.137. The van der Waals surface area contributed by atoms with E-state index in [1.54, 1.807) is 0 Å². The molecule has 3 rings (SSSR count). The number of aliphatic carboxylic acids is 1. The fourth-order valence-electron chi connectivity index (χ4n) is 4.18. The molecule has 1 aromatic carbocycles. The van der Waals surface area contributed by atoms with E-state index in [0.717, 1.165) is 38.8 Å². The standard InChI is InChI=1S/C18H25NO4/c1-18-8-9-19(16(18)7-4-14(20)10-18)11-13-2-5-15(6-3-13)23-12-17(21)22/h2-3,5-6,14,16,20H,4,7-12H2,1H3,(H,21,22)/t14-,16-,18+/m1/s1. The van der Waals surface area contributed by atoms with Gasteiger partial charge < -0.3 is 14.9 Å². The zero-order valence-electron chi connectivity index (χ0n) is 13.6. The average Bonchev–Trinajstić information content (AvgIpc) is 2.82. The monoisotopic (exact) mass is 319 g/mol. The summed E-state index contributed by atoms with van der Waals surface area (Å²) in [5.74, 6) is -0.381. The highest BCUT2D eigenvalue weighted by Gasteiger charge is 2.46. The molecular formula is C18H25NO4. The van der Waals surface area contributed by atoms with Crippen molar-refractivity contribution < 1.29 is 19.7 Å². The first-order chi connectivity index (χ1) is 11.0. The molecule has 1 aromatic rings. The maximum absolute atomic E-state index is 10.5. The first kappa shape index (κ1) is 16.3. The summed E-state index contributed by atoms with van der Waals surface area (Å²) in [7, 11) is 0. The maximum Gasteiger partial charge on any atom is 0.341 e. The van der Waals surface area contributed by atoms with Crippen molar-refractivity contribution in [2.24, 2.45) is 5.41 Å². The molecule has 2 fully saturated rings. The van der Waals surface area contributed by atoms with E-state index in [9.17, 15) is 9.90 Å². The Bertz CT molecular complexity index is 559. The van der Waals surface area contributed by atoms with Crippen LogP contribution in [0.25, 0.3) is 0 Å². The number of likely N-dealkylation sites (tertiary alicyclic amines) is 1. The van der Waals surface area contributed by atoms with Crippen LogP contribution in [0.4, 0.5) is 0 Å². The normalized spacial score (nSPS) is 30.9. The van der Waals surface area contributed by atoms with Gasteiger partial charge in [-0.2, -0.15) is 0 Å². The molecule has 5 heteroatoms. The van der Waals surface area contributed by atoms with Gasteiger partial charge in [0.05, 0.1) is 6.10 Å². The summed E-state index contributed by atoms with van der Waals surface area (Å²) in [6.07, 6.45) is 3.89. The second kappa shape index (κ2) is 6.49. The van der Waals surface area contributed by atoms with Crippen LogP contribution in [0.1, 0.15) is 38.2 Å². The highest BCUT2D eigenvalue weighted by atomic mass is 16.5. The summed E-state index contributed by atoms with van der Waals surface area (Å²) < 4.78 is 5.17. The Hall–Kier alpha value is -1.59. The molecule has 23 heavy (non-hydrogen) atoms. The topological polar surface area (TPSA) is 70.0 Å². The third kappa shape index (κ3) is 3.67. The fraction of sp³-hybridized carbons (Fsp3) is 0.611. The van der Waals surface area contributed by atoms with Crippen LogP contribution in [0.2, 0.25) is 0 Å². The van der Waals surface area contributed by atoms with Crippen LogP contribution in [0.3, 0.4) is 0 Å². The van der Waals surface area contributed by atoms with Crippen molar-refractivity contribution in [1.82, 2.24) is 4.90 Å². The molecule has 0 amide bonds. The Morgan fingerprint density at radius 2 is 2.09 bits per heavy atom. The van der Waals surface area contributed by atoms with E-state index in [1.807, 2.05) is 24.3 Å². The summed E-state index contributed by atoms with van der Waals surface area (Å²) >= 11 is 0. The summed E-state index contributed by atoms with van der Waals surface area (Å²) in [5, 5.41) is 18.6. The third-order valence-electron chi connectivity index (χ3n) is 5.36. The van der Waals surface area contributed by atoms with Gasteiger partial charge in [-0.3, -0.25) is 4.90 Å². The minimum Gasteiger partial charge on any atom is -0.482 e. The lowest BCUT2D eigenvalue weighted by atomic mass is 9.71. The van der Waals surface area contributed by atoms with E-state index in [1.165, 1.54) is 5.56 Å². The Balaban J connectivity index is 1.60. The zero-order valence-corrected chi connectivity index (χ0v) is 13.6. The van der Waals surface area contributed by atoms with Crippen LogP contribution in [-0.4, -0.2) is 46.4 Å². The highest BCUT2D eigenvalue weighted by molar-refractivity contribution is 5.68. The smallest absolute Gasteiger partial charge is 0.341 e. The Kier molecular flexibility index (Phi) is 4.60. The Morgan fingerprint density at radius 3 is 2.78 bits per heavy atom. The molecule has 0 bridgehead atoms. The number of nitrogens with zero attached hydrogens (tertiary/aromatic N) is 1. The molecule has 5 nitrogen and oxygen atoms in total. The number of aliphatic hydroxyl groups excluding tert-OH is 1. The predicted molar refractivity (Wildman–Crippen MR) is 86.4 cm³/mol. The van der Waals surface area contributed by atoms with Crippen LogP contribution in [0, 0.1) is 5.41 Å². The van der Waals surface area contributed by atoms with Crippen molar-refractivity contribution in [3.8, 4) is 5.75 Å². The second-order valence-corrected chi connectivity index (χ2v) is 7.15. The van der Waals surface area contributed by atoms with Crippen LogP contribution in [0.15, 0.2) is 24.3 Å². The van der Waals surface area contributed by atoms with Crippen molar-refractivity contribution in [3.05, 3.63) is 29.8 Å². The highest BCUT2D eigenvalue weighted by Crippen LogP contribution is 2.46. The van der Waals surface area contributed by atoms with E-state index in [0.29, 0.717) is 11.8 Å². The molecule has 1 saturated carbocycles. The van der Waals surface area contributed by atoms with Crippen LogP contribution < -0.4 is 4.74 Å². The van der Waals surface area contributed by atoms with Gasteiger partial charge in [-0.1, -0.05) is 19.1 Å². The number of carboxylic acid groups (broad SMARTS) is 1. The van der Waals surface area contributed by atoms with Gasteiger partial charge in [0.15, 0.2) is 6.61 Å². The van der Waals surface area contributed by atoms with Gasteiger partial charge in [-0.25, -0.2) is 4.79 Å². The van der Waals surface area contributed by atoms with Crippen molar-refractivity contribution >= 4 is 5.97 Å². The Labute approximate surface area is 136 Å². The molecule has 0 unspecified atom stereocenters. The number of benzene rings is 1. The van der Waals surface area contributed by atoms with E-state index in [2.05, 4.69) is 11.8 Å². The number of fused-ring (bicyclic) bond motifs is 1. The van der Waals surface area contributed by atoms with Crippen molar-refractivity contribution in [1.29, 1.82) is 0 Å². The lowest BCUT2D eigenvalue weighted by molar-refractivity contribution is -0.139. The molecule has 1 saturated heterocycles. The summed E-state index contributed by atoms with van der Waals surface area (Å²) in [6, 6.07) is 8.22. The number of hydrogen-bond acceptors (Lipinski definition) is 4. The van der Waals surface area contributed by atoms with Gasteiger partial charge in [0.1, 0.15) is 5.75 Å². The van der Waals surface area contributed by atoms with Crippen LogP contribution in [-0.2, 0) is 11.3 Å². The van der Waals surface area contributed by atoms with Gasteiger partial charge >= 0.3 is 5.97 Å². The average molecular weight is 319 g/mol. The first-order valence-corrected chi connectivity index (χ1v) is 8.32. The largest absolute Gasteiger partial charge is 0.482 e. The molecule has 1 heterocycles. The Morgan fingerprint density at radius 1 is 1.35 bits per heavy atom. The molecule has 3 atom stereocenters. The molecule has 0 aromatic heterocycles. The molecular weight excluding hydrogens is 294 g/mol. The molecule has 126 valence electrons. The number of hydrogen-bond donors (Lipinski definition) is 2.